The molecule has 4 nitrogen and oxygen atoms in total. The summed E-state index contributed by atoms with van der Waals surface area (Å²) in [6.07, 6.45) is 5.58. The molecule has 2 fully saturated rings. The Balaban J connectivity index is 1.72. The van der Waals surface area contributed by atoms with Gasteiger partial charge in [-0.25, -0.2) is 0 Å². The normalized spacial score (nSPS) is 29.5. The summed E-state index contributed by atoms with van der Waals surface area (Å²) < 4.78 is 0. The van der Waals surface area contributed by atoms with Gasteiger partial charge in [0.15, 0.2) is 0 Å². The van der Waals surface area contributed by atoms with Crippen molar-refractivity contribution in [2.45, 2.75) is 19.3 Å². The fourth-order valence-electron chi connectivity index (χ4n) is 2.95. The van der Waals surface area contributed by atoms with Crippen molar-refractivity contribution in [3.05, 3.63) is 18.0 Å². The maximum absolute atomic E-state index is 12.0. The van der Waals surface area contributed by atoms with Gasteiger partial charge in [-0.3, -0.25) is 9.89 Å². The second-order valence-electron chi connectivity index (χ2n) is 4.63. The van der Waals surface area contributed by atoms with E-state index in [1.165, 1.54) is 19.3 Å². The van der Waals surface area contributed by atoms with Crippen LogP contribution < -0.4 is 0 Å². The van der Waals surface area contributed by atoms with Gasteiger partial charge in [0, 0.05) is 19.3 Å². The molecule has 0 bridgehead atoms. The maximum Gasteiger partial charge on any atom is 0.271 e. The Labute approximate surface area is 88.7 Å². The smallest absolute Gasteiger partial charge is 0.271 e. The van der Waals surface area contributed by atoms with E-state index in [-0.39, 0.29) is 5.91 Å². The van der Waals surface area contributed by atoms with Gasteiger partial charge < -0.3 is 4.90 Å². The number of nitrogens with zero attached hydrogens (tertiary/aromatic N) is 2. The van der Waals surface area contributed by atoms with Crippen molar-refractivity contribution in [1.29, 1.82) is 0 Å². The zero-order valence-corrected chi connectivity index (χ0v) is 8.65. The Kier molecular flexibility index (Phi) is 2.01. The Morgan fingerprint density at radius 3 is 2.73 bits per heavy atom. The quantitative estimate of drug-likeness (QED) is 0.750. The largest absolute Gasteiger partial charge is 0.337 e. The van der Waals surface area contributed by atoms with Crippen LogP contribution in [0.5, 0.6) is 0 Å². The van der Waals surface area contributed by atoms with Crippen molar-refractivity contribution >= 4 is 5.91 Å². The lowest BCUT2D eigenvalue weighted by Crippen LogP contribution is -2.29. The monoisotopic (exact) mass is 205 g/mol. The molecule has 1 N–H and O–H groups in total. The molecule has 1 saturated heterocycles. The van der Waals surface area contributed by atoms with Gasteiger partial charge in [-0.2, -0.15) is 5.10 Å². The zero-order valence-electron chi connectivity index (χ0n) is 8.65. The van der Waals surface area contributed by atoms with Crippen LogP contribution in [0.1, 0.15) is 29.8 Å². The number of aromatic nitrogens is 2. The van der Waals surface area contributed by atoms with Crippen LogP contribution in [0.4, 0.5) is 0 Å². The van der Waals surface area contributed by atoms with Crippen molar-refractivity contribution in [3.8, 4) is 0 Å². The number of rotatable bonds is 1. The van der Waals surface area contributed by atoms with E-state index in [1.54, 1.807) is 12.3 Å². The third-order valence-electron chi connectivity index (χ3n) is 3.74. The van der Waals surface area contributed by atoms with Crippen LogP contribution in [-0.4, -0.2) is 34.1 Å². The molecular weight excluding hydrogens is 190 g/mol. The molecule has 1 aliphatic heterocycles. The van der Waals surface area contributed by atoms with Crippen LogP contribution in [0, 0.1) is 11.8 Å². The van der Waals surface area contributed by atoms with E-state index < -0.39 is 0 Å². The van der Waals surface area contributed by atoms with Crippen LogP contribution in [0.3, 0.4) is 0 Å². The average molecular weight is 205 g/mol. The molecule has 4 heteroatoms. The molecule has 2 aliphatic rings. The molecule has 1 saturated carbocycles. The van der Waals surface area contributed by atoms with Crippen LogP contribution in [0.25, 0.3) is 0 Å². The van der Waals surface area contributed by atoms with Gasteiger partial charge >= 0.3 is 0 Å². The fraction of sp³-hybridized carbons (Fsp3) is 0.636. The van der Waals surface area contributed by atoms with Crippen LogP contribution in [0.15, 0.2) is 12.3 Å². The lowest BCUT2D eigenvalue weighted by Gasteiger charge is -2.15. The summed E-state index contributed by atoms with van der Waals surface area (Å²) in [6, 6.07) is 1.75. The number of H-pyrrole nitrogens is 1. The Morgan fingerprint density at radius 1 is 1.40 bits per heavy atom. The summed E-state index contributed by atoms with van der Waals surface area (Å²) in [6.45, 7) is 1.89. The van der Waals surface area contributed by atoms with E-state index >= 15 is 0 Å². The number of hydrogen-bond acceptors (Lipinski definition) is 2. The van der Waals surface area contributed by atoms with Crippen LogP contribution in [-0.2, 0) is 0 Å². The zero-order chi connectivity index (χ0) is 10.3. The van der Waals surface area contributed by atoms with E-state index in [0.29, 0.717) is 5.69 Å². The summed E-state index contributed by atoms with van der Waals surface area (Å²) in [7, 11) is 0. The van der Waals surface area contributed by atoms with E-state index in [2.05, 4.69) is 10.2 Å². The first kappa shape index (κ1) is 8.95. The molecule has 1 amide bonds. The molecule has 0 aromatic carbocycles. The first-order valence-corrected chi connectivity index (χ1v) is 5.63. The fourth-order valence-corrected chi connectivity index (χ4v) is 2.95. The third kappa shape index (κ3) is 1.44. The van der Waals surface area contributed by atoms with Gasteiger partial charge in [-0.15, -0.1) is 0 Å². The molecule has 2 atom stereocenters. The Morgan fingerprint density at radius 2 is 2.13 bits per heavy atom. The molecule has 15 heavy (non-hydrogen) atoms. The molecular formula is C11H15N3O. The topological polar surface area (TPSA) is 49.0 Å². The summed E-state index contributed by atoms with van der Waals surface area (Å²) in [5.41, 5.74) is 0.620. The van der Waals surface area contributed by atoms with Crippen LogP contribution in [0.2, 0.25) is 0 Å². The Bertz CT molecular complexity index is 348. The van der Waals surface area contributed by atoms with Crippen molar-refractivity contribution in [1.82, 2.24) is 15.1 Å². The molecule has 0 radical (unpaired) electrons. The number of hydrogen-bond donors (Lipinski definition) is 1. The molecule has 0 spiro atoms. The first-order valence-electron chi connectivity index (χ1n) is 5.63. The molecule has 3 rings (SSSR count). The first-order chi connectivity index (χ1) is 7.34. The van der Waals surface area contributed by atoms with Gasteiger partial charge in [0.05, 0.1) is 0 Å². The van der Waals surface area contributed by atoms with Gasteiger partial charge in [0.25, 0.3) is 5.91 Å². The van der Waals surface area contributed by atoms with E-state index in [0.717, 1.165) is 24.9 Å². The Hall–Kier alpha value is -1.32. The standard InChI is InChI=1S/C11H15N3O/c15-11(10-4-5-12-13-10)14-6-8-2-1-3-9(8)7-14/h4-5,8-9H,1-3,6-7H2,(H,12,13). The van der Waals surface area contributed by atoms with Gasteiger partial charge in [-0.1, -0.05) is 6.42 Å². The molecule has 1 aliphatic carbocycles. The summed E-state index contributed by atoms with van der Waals surface area (Å²) in [5, 5.41) is 6.55. The summed E-state index contributed by atoms with van der Waals surface area (Å²) in [4.78, 5) is 14.0. The number of likely N-dealkylation sites (tertiary alicyclic amines) is 1. The van der Waals surface area contributed by atoms with Crippen LogP contribution >= 0.6 is 0 Å². The molecule has 2 unspecified atom stereocenters. The second kappa shape index (κ2) is 3.36. The highest BCUT2D eigenvalue weighted by molar-refractivity contribution is 5.92. The number of nitrogens with one attached hydrogen (secondary N) is 1. The number of carbonyl (C=O) groups excluding carboxylic acids is 1. The molecule has 80 valence electrons. The van der Waals surface area contributed by atoms with Crippen molar-refractivity contribution in [2.24, 2.45) is 11.8 Å². The predicted octanol–water partition coefficient (Wildman–Crippen LogP) is 1.28. The lowest BCUT2D eigenvalue weighted by molar-refractivity contribution is 0.0775. The predicted molar refractivity (Wildman–Crippen MR) is 55.3 cm³/mol. The van der Waals surface area contributed by atoms with Crippen molar-refractivity contribution < 1.29 is 4.79 Å². The van der Waals surface area contributed by atoms with E-state index in [9.17, 15) is 4.79 Å². The molecule has 1 aromatic rings. The number of carbonyl (C=O) groups is 1. The SMILES string of the molecule is O=C(c1ccn[nH]1)N1CC2CCCC2C1. The molecule has 2 heterocycles. The maximum atomic E-state index is 12.0. The second-order valence-corrected chi connectivity index (χ2v) is 4.63. The number of aromatic amines is 1. The van der Waals surface area contributed by atoms with Gasteiger partial charge in [0.2, 0.25) is 0 Å². The minimum Gasteiger partial charge on any atom is -0.337 e. The van der Waals surface area contributed by atoms with Crippen molar-refractivity contribution in [2.75, 3.05) is 13.1 Å². The highest BCUT2D eigenvalue weighted by atomic mass is 16.2. The number of fused-ring (bicyclic) bond motifs is 1. The number of amides is 1. The highest BCUT2D eigenvalue weighted by Gasteiger charge is 2.38. The lowest BCUT2D eigenvalue weighted by atomic mass is 10.0. The van der Waals surface area contributed by atoms with E-state index in [1.807, 2.05) is 4.90 Å². The van der Waals surface area contributed by atoms with Gasteiger partial charge in [-0.05, 0) is 30.7 Å². The minimum absolute atomic E-state index is 0.113. The third-order valence-corrected chi connectivity index (χ3v) is 3.74. The van der Waals surface area contributed by atoms with E-state index in [4.69, 9.17) is 0 Å². The van der Waals surface area contributed by atoms with Crippen molar-refractivity contribution in [3.63, 3.8) is 0 Å². The summed E-state index contributed by atoms with van der Waals surface area (Å²) >= 11 is 0. The minimum atomic E-state index is 0.113. The molecule has 1 aromatic heterocycles. The highest BCUT2D eigenvalue weighted by Crippen LogP contribution is 2.37. The average Bonchev–Trinajstić information content (AvgIpc) is 2.92. The summed E-state index contributed by atoms with van der Waals surface area (Å²) in [5.74, 6) is 1.63. The van der Waals surface area contributed by atoms with Gasteiger partial charge in [0.1, 0.15) is 5.69 Å².